The molecule has 2 aromatic carbocycles. The van der Waals surface area contributed by atoms with Crippen LogP contribution >= 0.6 is 0 Å². The maximum Gasteiger partial charge on any atom is 0.203 e. The highest BCUT2D eigenvalue weighted by molar-refractivity contribution is 5.88. The number of aromatic amines is 1. The molecule has 3 aromatic rings. The van der Waals surface area contributed by atoms with Gasteiger partial charge >= 0.3 is 0 Å². The molecule has 6 nitrogen and oxygen atoms in total. The second-order valence-electron chi connectivity index (χ2n) is 5.28. The van der Waals surface area contributed by atoms with Gasteiger partial charge in [-0.1, -0.05) is 12.1 Å². The van der Waals surface area contributed by atoms with Crippen molar-refractivity contribution in [2.75, 3.05) is 27.1 Å². The highest BCUT2D eigenvalue weighted by atomic mass is 19.1. The summed E-state index contributed by atoms with van der Waals surface area (Å²) < 4.78 is 29.3. The lowest BCUT2D eigenvalue weighted by Gasteiger charge is -2.14. The van der Waals surface area contributed by atoms with Crippen molar-refractivity contribution >= 4 is 5.82 Å². The Hall–Kier alpha value is -3.22. The standard InChI is InChI=1S/C18H18FN3O3/c1-23-13-8-11(9-14(24-2)17(13)25-3)16-15(18(20)22-21-16)10-4-6-12(19)7-5-10/h4-9H,1-3H3,(H3,20,21,22). The van der Waals surface area contributed by atoms with Crippen molar-refractivity contribution in [3.8, 4) is 39.6 Å². The van der Waals surface area contributed by atoms with Crippen molar-refractivity contribution in [3.05, 3.63) is 42.2 Å². The summed E-state index contributed by atoms with van der Waals surface area (Å²) in [6, 6.07) is 9.64. The molecule has 0 atom stereocenters. The first-order chi connectivity index (χ1) is 12.1. The number of anilines is 1. The van der Waals surface area contributed by atoms with Crippen LogP contribution in [0.25, 0.3) is 22.4 Å². The summed E-state index contributed by atoms with van der Waals surface area (Å²) in [6.07, 6.45) is 0. The van der Waals surface area contributed by atoms with Gasteiger partial charge in [0.25, 0.3) is 0 Å². The van der Waals surface area contributed by atoms with E-state index in [0.29, 0.717) is 34.3 Å². The molecule has 25 heavy (non-hydrogen) atoms. The summed E-state index contributed by atoms with van der Waals surface area (Å²) in [7, 11) is 4.63. The van der Waals surface area contributed by atoms with Crippen LogP contribution in [0.1, 0.15) is 0 Å². The third kappa shape index (κ3) is 2.96. The number of H-pyrrole nitrogens is 1. The van der Waals surface area contributed by atoms with E-state index in [2.05, 4.69) is 10.2 Å². The largest absolute Gasteiger partial charge is 0.493 e. The Morgan fingerprint density at radius 1 is 0.920 bits per heavy atom. The minimum Gasteiger partial charge on any atom is -0.493 e. The molecule has 0 unspecified atom stereocenters. The van der Waals surface area contributed by atoms with Crippen molar-refractivity contribution < 1.29 is 18.6 Å². The summed E-state index contributed by atoms with van der Waals surface area (Å²) in [4.78, 5) is 0. The molecule has 0 aliphatic carbocycles. The number of nitrogen functional groups attached to an aromatic ring is 1. The molecular weight excluding hydrogens is 325 g/mol. The molecule has 0 fully saturated rings. The number of nitrogens with two attached hydrogens (primary N) is 1. The molecule has 0 bridgehead atoms. The van der Waals surface area contributed by atoms with Gasteiger partial charge in [0.05, 0.1) is 32.6 Å². The fraction of sp³-hybridized carbons (Fsp3) is 0.167. The van der Waals surface area contributed by atoms with E-state index < -0.39 is 0 Å². The van der Waals surface area contributed by atoms with Gasteiger partial charge in [0.1, 0.15) is 5.82 Å². The van der Waals surface area contributed by atoms with E-state index in [1.165, 1.54) is 19.2 Å². The molecule has 130 valence electrons. The van der Waals surface area contributed by atoms with Gasteiger partial charge in [0, 0.05) is 5.56 Å². The smallest absolute Gasteiger partial charge is 0.203 e. The highest BCUT2D eigenvalue weighted by Gasteiger charge is 2.19. The minimum atomic E-state index is -0.319. The van der Waals surface area contributed by atoms with E-state index >= 15 is 0 Å². The van der Waals surface area contributed by atoms with Gasteiger partial charge < -0.3 is 19.9 Å². The number of ether oxygens (including phenoxy) is 3. The molecule has 7 heteroatoms. The number of nitrogens with zero attached hydrogens (tertiary/aromatic N) is 1. The van der Waals surface area contributed by atoms with Crippen molar-refractivity contribution in [2.24, 2.45) is 0 Å². The maximum absolute atomic E-state index is 13.2. The lowest BCUT2D eigenvalue weighted by Crippen LogP contribution is -1.96. The van der Waals surface area contributed by atoms with Crippen LogP contribution in [-0.2, 0) is 0 Å². The first kappa shape index (κ1) is 16.6. The number of rotatable bonds is 5. The molecule has 0 saturated carbocycles. The van der Waals surface area contributed by atoms with Gasteiger partial charge in [-0.2, -0.15) is 5.10 Å². The lowest BCUT2D eigenvalue weighted by molar-refractivity contribution is 0.324. The fourth-order valence-electron chi connectivity index (χ4n) is 2.70. The molecule has 0 aliphatic rings. The Kier molecular flexibility index (Phi) is 4.47. The summed E-state index contributed by atoms with van der Waals surface area (Å²) in [6.45, 7) is 0. The van der Waals surface area contributed by atoms with E-state index in [1.807, 2.05) is 0 Å². The lowest BCUT2D eigenvalue weighted by atomic mass is 10.00. The average molecular weight is 343 g/mol. The van der Waals surface area contributed by atoms with Gasteiger partial charge in [-0.05, 0) is 29.8 Å². The maximum atomic E-state index is 13.2. The quantitative estimate of drug-likeness (QED) is 0.741. The summed E-state index contributed by atoms with van der Waals surface area (Å²) in [5.41, 5.74) is 8.86. The number of benzene rings is 2. The Balaban J connectivity index is 2.19. The van der Waals surface area contributed by atoms with E-state index in [0.717, 1.165) is 11.1 Å². The minimum absolute atomic E-state index is 0.315. The second-order valence-corrected chi connectivity index (χ2v) is 5.28. The van der Waals surface area contributed by atoms with Crippen LogP contribution in [0.3, 0.4) is 0 Å². The third-order valence-corrected chi connectivity index (χ3v) is 3.88. The van der Waals surface area contributed by atoms with E-state index in [1.54, 1.807) is 38.5 Å². The van der Waals surface area contributed by atoms with Crippen LogP contribution in [0, 0.1) is 5.82 Å². The van der Waals surface area contributed by atoms with Crippen LogP contribution in [0.5, 0.6) is 17.2 Å². The molecule has 3 N–H and O–H groups in total. The van der Waals surface area contributed by atoms with Gasteiger partial charge in [-0.3, -0.25) is 5.10 Å². The molecule has 1 heterocycles. The van der Waals surface area contributed by atoms with Gasteiger partial charge in [0.2, 0.25) is 5.75 Å². The van der Waals surface area contributed by atoms with Gasteiger partial charge in [-0.15, -0.1) is 0 Å². The normalized spacial score (nSPS) is 10.6. The number of hydrogen-bond acceptors (Lipinski definition) is 5. The van der Waals surface area contributed by atoms with Crippen LogP contribution < -0.4 is 19.9 Å². The molecule has 0 saturated heterocycles. The van der Waals surface area contributed by atoms with E-state index in [-0.39, 0.29) is 5.82 Å². The monoisotopic (exact) mass is 343 g/mol. The molecule has 0 spiro atoms. The Labute approximate surface area is 144 Å². The van der Waals surface area contributed by atoms with E-state index in [9.17, 15) is 4.39 Å². The number of hydrogen-bond donors (Lipinski definition) is 2. The Morgan fingerprint density at radius 3 is 2.04 bits per heavy atom. The molecule has 1 aromatic heterocycles. The van der Waals surface area contributed by atoms with Crippen LogP contribution in [0.4, 0.5) is 10.2 Å². The number of aromatic nitrogens is 2. The number of nitrogens with one attached hydrogen (secondary N) is 1. The first-order valence-corrected chi connectivity index (χ1v) is 7.49. The summed E-state index contributed by atoms with van der Waals surface area (Å²) >= 11 is 0. The SMILES string of the molecule is COc1cc(-c2[nH]nc(N)c2-c2ccc(F)cc2)cc(OC)c1OC. The first-order valence-electron chi connectivity index (χ1n) is 7.49. The fourth-order valence-corrected chi connectivity index (χ4v) is 2.70. The topological polar surface area (TPSA) is 82.4 Å². The predicted octanol–water partition coefficient (Wildman–Crippen LogP) is 3.49. The summed E-state index contributed by atoms with van der Waals surface area (Å²) in [5.74, 6) is 1.50. The Bertz CT molecular complexity index is 866. The van der Waals surface area contributed by atoms with Crippen molar-refractivity contribution in [1.29, 1.82) is 0 Å². The molecule has 0 amide bonds. The van der Waals surface area contributed by atoms with Crippen LogP contribution in [0.2, 0.25) is 0 Å². The van der Waals surface area contributed by atoms with Crippen LogP contribution in [-0.4, -0.2) is 31.5 Å². The summed E-state index contributed by atoms with van der Waals surface area (Å²) in [5, 5.41) is 7.01. The zero-order valence-corrected chi connectivity index (χ0v) is 14.1. The van der Waals surface area contributed by atoms with E-state index in [4.69, 9.17) is 19.9 Å². The molecule has 3 rings (SSSR count). The highest BCUT2D eigenvalue weighted by Crippen LogP contribution is 2.43. The second kappa shape index (κ2) is 6.72. The van der Waals surface area contributed by atoms with Gasteiger partial charge in [0.15, 0.2) is 17.3 Å². The van der Waals surface area contributed by atoms with Crippen molar-refractivity contribution in [3.63, 3.8) is 0 Å². The molecular formula is C18H18FN3O3. The number of halogens is 1. The third-order valence-electron chi connectivity index (χ3n) is 3.88. The van der Waals surface area contributed by atoms with Crippen molar-refractivity contribution in [2.45, 2.75) is 0 Å². The number of methoxy groups -OCH3 is 3. The molecule has 0 aliphatic heterocycles. The molecule has 0 radical (unpaired) electrons. The van der Waals surface area contributed by atoms with Gasteiger partial charge in [-0.25, -0.2) is 4.39 Å². The van der Waals surface area contributed by atoms with Crippen molar-refractivity contribution in [1.82, 2.24) is 10.2 Å². The average Bonchev–Trinajstić information content (AvgIpc) is 3.02. The predicted molar refractivity (Wildman–Crippen MR) is 93.5 cm³/mol. The Morgan fingerprint density at radius 2 is 1.52 bits per heavy atom. The van der Waals surface area contributed by atoms with Crippen LogP contribution in [0.15, 0.2) is 36.4 Å². The zero-order valence-electron chi connectivity index (χ0n) is 14.1. The zero-order chi connectivity index (χ0) is 18.0.